The largest absolute Gasteiger partial charge is 0.246 e. The van der Waals surface area contributed by atoms with Crippen molar-refractivity contribution in [2.24, 2.45) is 10.2 Å². The van der Waals surface area contributed by atoms with Crippen LogP contribution < -0.4 is 0 Å². The topological polar surface area (TPSA) is 79.2 Å². The predicted octanol–water partition coefficient (Wildman–Crippen LogP) is 3.30. The summed E-state index contributed by atoms with van der Waals surface area (Å²) in [4.78, 5) is 0. The molecule has 0 saturated carbocycles. The van der Waals surface area contributed by atoms with Gasteiger partial charge in [-0.15, -0.1) is 5.10 Å². The minimum absolute atomic E-state index is 0.872. The zero-order valence-corrected chi connectivity index (χ0v) is 10.1. The summed E-state index contributed by atoms with van der Waals surface area (Å²) in [7, 11) is 0. The molecule has 1 N–H and O–H groups in total. The molecule has 0 radical (unpaired) electrons. The summed E-state index contributed by atoms with van der Waals surface area (Å²) in [5.41, 5.74) is 1.74. The quantitative estimate of drug-likeness (QED) is 0.710. The van der Waals surface area contributed by atoms with Gasteiger partial charge in [0.1, 0.15) is 6.33 Å². The van der Waals surface area contributed by atoms with Crippen molar-refractivity contribution in [2.45, 2.75) is 0 Å². The van der Waals surface area contributed by atoms with Crippen LogP contribution in [0.3, 0.4) is 0 Å². The van der Waals surface area contributed by atoms with E-state index in [0.717, 1.165) is 11.4 Å². The number of benzene rings is 2. The van der Waals surface area contributed by atoms with Crippen LogP contribution in [0.15, 0.2) is 77.2 Å². The number of azo groups is 1. The van der Waals surface area contributed by atoms with E-state index >= 15 is 0 Å². The molecule has 1 aromatic heterocycles. The Morgan fingerprint density at radius 2 is 1.26 bits per heavy atom. The van der Waals surface area contributed by atoms with Gasteiger partial charge in [0.2, 0.25) is 0 Å². The smallest absolute Gasteiger partial charge is 0.135 e. The van der Waals surface area contributed by atoms with Crippen molar-refractivity contribution >= 4 is 11.4 Å². The van der Waals surface area contributed by atoms with E-state index in [0.29, 0.717) is 0 Å². The molecule has 0 aliphatic heterocycles. The summed E-state index contributed by atoms with van der Waals surface area (Å²) < 4.78 is 0. The Morgan fingerprint density at radius 1 is 0.737 bits per heavy atom. The highest BCUT2D eigenvalue weighted by Gasteiger charge is 1.86. The fourth-order valence-electron chi connectivity index (χ4n) is 1.23. The van der Waals surface area contributed by atoms with Gasteiger partial charge in [-0.1, -0.05) is 36.4 Å². The third kappa shape index (κ3) is 4.86. The predicted molar refractivity (Wildman–Crippen MR) is 71.2 cm³/mol. The first-order valence-electron chi connectivity index (χ1n) is 5.64. The SMILES string of the molecule is c1ccc(/N=N/c2ccccc2)cc1.c1nnn[nH]1. The van der Waals surface area contributed by atoms with Gasteiger partial charge in [-0.3, -0.25) is 0 Å². The standard InChI is InChI=1S/C12H10N2.CH2N4/c1-3-7-11(8-4-1)13-14-12-9-5-2-6-10-12;1-2-4-5-3-1/h1-10H;1H,(H,2,3,4,5)/b14-13+;. The molecule has 6 heteroatoms. The molecule has 0 aliphatic rings. The molecule has 3 rings (SSSR count). The van der Waals surface area contributed by atoms with Crippen LogP contribution in [0, 0.1) is 0 Å². The lowest BCUT2D eigenvalue weighted by Gasteiger charge is -1.91. The van der Waals surface area contributed by atoms with E-state index in [-0.39, 0.29) is 0 Å². The van der Waals surface area contributed by atoms with Crippen LogP contribution in [0.2, 0.25) is 0 Å². The Hall–Kier alpha value is -2.89. The molecule has 94 valence electrons. The van der Waals surface area contributed by atoms with Crippen molar-refractivity contribution in [3.8, 4) is 0 Å². The van der Waals surface area contributed by atoms with Gasteiger partial charge in [-0.2, -0.15) is 10.2 Å². The van der Waals surface area contributed by atoms with Crippen LogP contribution in [0.5, 0.6) is 0 Å². The average Bonchev–Trinajstić information content (AvgIpc) is 3.07. The average molecular weight is 252 g/mol. The van der Waals surface area contributed by atoms with Gasteiger partial charge < -0.3 is 0 Å². The van der Waals surface area contributed by atoms with E-state index in [1.165, 1.54) is 6.33 Å². The fraction of sp³-hybridized carbons (Fsp3) is 0. The maximum atomic E-state index is 4.10. The van der Waals surface area contributed by atoms with E-state index in [2.05, 4.69) is 30.9 Å². The number of aromatic amines is 1. The minimum Gasteiger partial charge on any atom is -0.246 e. The molecule has 0 amide bonds. The van der Waals surface area contributed by atoms with Crippen molar-refractivity contribution in [1.29, 1.82) is 0 Å². The maximum Gasteiger partial charge on any atom is 0.135 e. The second-order valence-electron chi connectivity index (χ2n) is 3.43. The lowest BCUT2D eigenvalue weighted by molar-refractivity contribution is 0.881. The van der Waals surface area contributed by atoms with Gasteiger partial charge in [0.25, 0.3) is 0 Å². The second-order valence-corrected chi connectivity index (χ2v) is 3.43. The monoisotopic (exact) mass is 252 g/mol. The molecule has 0 atom stereocenters. The highest BCUT2D eigenvalue weighted by Crippen LogP contribution is 2.16. The second kappa shape index (κ2) is 7.44. The number of nitrogens with zero attached hydrogens (tertiary/aromatic N) is 5. The van der Waals surface area contributed by atoms with Crippen LogP contribution in [0.4, 0.5) is 11.4 Å². The van der Waals surface area contributed by atoms with E-state index in [9.17, 15) is 0 Å². The van der Waals surface area contributed by atoms with Gasteiger partial charge in [0, 0.05) is 0 Å². The first-order valence-corrected chi connectivity index (χ1v) is 5.64. The molecule has 3 aromatic rings. The zero-order chi connectivity index (χ0) is 13.2. The molecule has 1 heterocycles. The first kappa shape index (κ1) is 12.6. The Kier molecular flexibility index (Phi) is 4.92. The van der Waals surface area contributed by atoms with Crippen LogP contribution in [0.1, 0.15) is 0 Å². The molecular formula is C13H12N6. The van der Waals surface area contributed by atoms with E-state index < -0.39 is 0 Å². The summed E-state index contributed by atoms with van der Waals surface area (Å²) in [6.07, 6.45) is 1.40. The molecule has 0 spiro atoms. The van der Waals surface area contributed by atoms with Crippen molar-refractivity contribution in [3.05, 3.63) is 67.0 Å². The molecule has 0 aliphatic carbocycles. The van der Waals surface area contributed by atoms with E-state index in [4.69, 9.17) is 0 Å². The summed E-state index contributed by atoms with van der Waals surface area (Å²) in [6, 6.07) is 19.4. The van der Waals surface area contributed by atoms with Gasteiger partial charge >= 0.3 is 0 Å². The number of aromatic nitrogens is 4. The van der Waals surface area contributed by atoms with Crippen LogP contribution >= 0.6 is 0 Å². The van der Waals surface area contributed by atoms with Gasteiger partial charge in [-0.05, 0) is 34.7 Å². The summed E-state index contributed by atoms with van der Waals surface area (Å²) >= 11 is 0. The highest BCUT2D eigenvalue weighted by atomic mass is 15.5. The fourth-order valence-corrected chi connectivity index (χ4v) is 1.23. The Bertz CT molecular complexity index is 518. The van der Waals surface area contributed by atoms with E-state index in [1.54, 1.807) is 0 Å². The number of H-pyrrole nitrogens is 1. The Morgan fingerprint density at radius 3 is 1.58 bits per heavy atom. The van der Waals surface area contributed by atoms with Crippen molar-refractivity contribution in [3.63, 3.8) is 0 Å². The van der Waals surface area contributed by atoms with Crippen molar-refractivity contribution in [1.82, 2.24) is 20.6 Å². The maximum absolute atomic E-state index is 4.10. The number of hydrogen-bond donors (Lipinski definition) is 1. The van der Waals surface area contributed by atoms with Gasteiger partial charge in [0.15, 0.2) is 0 Å². The molecule has 0 bridgehead atoms. The minimum atomic E-state index is 0.872. The number of nitrogens with one attached hydrogen (secondary N) is 1. The lowest BCUT2D eigenvalue weighted by Crippen LogP contribution is -1.64. The Balaban J connectivity index is 0.000000224. The van der Waals surface area contributed by atoms with Crippen LogP contribution in [-0.2, 0) is 0 Å². The van der Waals surface area contributed by atoms with Gasteiger partial charge in [0.05, 0.1) is 11.4 Å². The van der Waals surface area contributed by atoms with Gasteiger partial charge in [-0.25, -0.2) is 5.10 Å². The normalized spacial score (nSPS) is 9.89. The van der Waals surface area contributed by atoms with Crippen molar-refractivity contribution < 1.29 is 0 Å². The summed E-state index contributed by atoms with van der Waals surface area (Å²) in [5, 5.41) is 20.3. The Labute approximate surface area is 110 Å². The summed E-state index contributed by atoms with van der Waals surface area (Å²) in [5.74, 6) is 0. The molecule has 6 nitrogen and oxygen atoms in total. The highest BCUT2D eigenvalue weighted by molar-refractivity contribution is 5.39. The van der Waals surface area contributed by atoms with Crippen molar-refractivity contribution in [2.75, 3.05) is 0 Å². The lowest BCUT2D eigenvalue weighted by atomic mass is 10.3. The molecule has 19 heavy (non-hydrogen) atoms. The first-order chi connectivity index (χ1) is 9.45. The third-order valence-electron chi connectivity index (χ3n) is 2.06. The number of tetrazole rings is 1. The van der Waals surface area contributed by atoms with Crippen LogP contribution in [0.25, 0.3) is 0 Å². The zero-order valence-electron chi connectivity index (χ0n) is 10.1. The molecular weight excluding hydrogens is 240 g/mol. The van der Waals surface area contributed by atoms with Crippen LogP contribution in [-0.4, -0.2) is 20.6 Å². The van der Waals surface area contributed by atoms with E-state index in [1.807, 2.05) is 60.7 Å². The molecule has 0 saturated heterocycles. The molecule has 2 aromatic carbocycles. The third-order valence-corrected chi connectivity index (χ3v) is 2.06. The number of rotatable bonds is 2. The number of hydrogen-bond acceptors (Lipinski definition) is 5. The molecule has 0 fully saturated rings. The molecule has 0 unspecified atom stereocenters. The summed E-state index contributed by atoms with van der Waals surface area (Å²) in [6.45, 7) is 0.